The van der Waals surface area contributed by atoms with E-state index in [-0.39, 0.29) is 18.6 Å². The van der Waals surface area contributed by atoms with E-state index in [4.69, 9.17) is 13.9 Å². The molecule has 3 heterocycles. The Balaban J connectivity index is 1.63. The minimum atomic E-state index is -0.328. The van der Waals surface area contributed by atoms with Gasteiger partial charge in [-0.1, -0.05) is 0 Å². The Bertz CT molecular complexity index is 932. The molecule has 0 radical (unpaired) electrons. The number of aryl methyl sites for hydroxylation is 2. The summed E-state index contributed by atoms with van der Waals surface area (Å²) in [5.74, 6) is 1.79. The van der Waals surface area contributed by atoms with Crippen molar-refractivity contribution in [1.29, 1.82) is 0 Å². The standard InChI is InChI=1S/C16H13N3O4/c1-8-5-11-9(2)17-16(19-15(11)23-8)18-14(20)10-3-4-12-13(6-10)22-7-21-12/h3-6H,7H2,1-2H3,(H,17,18,19,20). The first-order valence-corrected chi connectivity index (χ1v) is 7.06. The number of amides is 1. The van der Waals surface area contributed by atoms with E-state index >= 15 is 0 Å². The van der Waals surface area contributed by atoms with E-state index in [9.17, 15) is 4.79 Å². The number of nitrogens with zero attached hydrogens (tertiary/aromatic N) is 2. The number of furan rings is 1. The van der Waals surface area contributed by atoms with Crippen LogP contribution in [-0.4, -0.2) is 22.7 Å². The Labute approximate surface area is 131 Å². The van der Waals surface area contributed by atoms with E-state index in [1.807, 2.05) is 19.9 Å². The zero-order valence-corrected chi connectivity index (χ0v) is 12.5. The van der Waals surface area contributed by atoms with Crippen LogP contribution in [0.4, 0.5) is 5.95 Å². The Morgan fingerprint density at radius 2 is 1.96 bits per heavy atom. The number of aromatic nitrogens is 2. The topological polar surface area (TPSA) is 86.5 Å². The van der Waals surface area contributed by atoms with E-state index in [2.05, 4.69) is 15.3 Å². The molecule has 0 spiro atoms. The lowest BCUT2D eigenvalue weighted by molar-refractivity contribution is 0.102. The normalized spacial score (nSPS) is 12.6. The second-order valence-corrected chi connectivity index (χ2v) is 5.23. The number of hydrogen-bond donors (Lipinski definition) is 1. The predicted molar refractivity (Wildman–Crippen MR) is 81.8 cm³/mol. The van der Waals surface area contributed by atoms with Crippen molar-refractivity contribution in [3.63, 3.8) is 0 Å². The van der Waals surface area contributed by atoms with Crippen molar-refractivity contribution >= 4 is 23.0 Å². The highest BCUT2D eigenvalue weighted by Gasteiger charge is 2.17. The van der Waals surface area contributed by atoms with Gasteiger partial charge in [0.05, 0.1) is 11.1 Å². The summed E-state index contributed by atoms with van der Waals surface area (Å²) < 4.78 is 16.0. The highest BCUT2D eigenvalue weighted by molar-refractivity contribution is 6.04. The molecule has 4 rings (SSSR count). The van der Waals surface area contributed by atoms with E-state index in [1.54, 1.807) is 18.2 Å². The number of carbonyl (C=O) groups excluding carboxylic acids is 1. The second-order valence-electron chi connectivity index (χ2n) is 5.23. The molecular weight excluding hydrogens is 298 g/mol. The highest BCUT2D eigenvalue weighted by atomic mass is 16.7. The quantitative estimate of drug-likeness (QED) is 0.783. The summed E-state index contributed by atoms with van der Waals surface area (Å²) in [6.07, 6.45) is 0. The summed E-state index contributed by atoms with van der Waals surface area (Å²) >= 11 is 0. The van der Waals surface area contributed by atoms with Gasteiger partial charge in [-0.15, -0.1) is 0 Å². The van der Waals surface area contributed by atoms with Crippen LogP contribution in [0, 0.1) is 13.8 Å². The summed E-state index contributed by atoms with van der Waals surface area (Å²) in [5.41, 5.74) is 1.63. The maximum Gasteiger partial charge on any atom is 0.258 e. The molecule has 1 aromatic carbocycles. The van der Waals surface area contributed by atoms with E-state index in [0.717, 1.165) is 16.8 Å². The molecule has 1 aliphatic rings. The summed E-state index contributed by atoms with van der Waals surface area (Å²) in [6.45, 7) is 3.85. The van der Waals surface area contributed by atoms with Crippen molar-refractivity contribution in [2.24, 2.45) is 0 Å². The smallest absolute Gasteiger partial charge is 0.258 e. The first-order valence-electron chi connectivity index (χ1n) is 7.06. The third-order valence-corrected chi connectivity index (χ3v) is 3.57. The van der Waals surface area contributed by atoms with E-state index in [0.29, 0.717) is 22.8 Å². The third kappa shape index (κ3) is 2.36. The lowest BCUT2D eigenvalue weighted by Crippen LogP contribution is -2.14. The van der Waals surface area contributed by atoms with Gasteiger partial charge < -0.3 is 13.9 Å². The number of benzene rings is 1. The maximum absolute atomic E-state index is 12.3. The number of ether oxygens (including phenoxy) is 2. The number of hydrogen-bond acceptors (Lipinski definition) is 6. The molecule has 0 aliphatic carbocycles. The van der Waals surface area contributed by atoms with Crippen LogP contribution in [-0.2, 0) is 0 Å². The van der Waals surface area contributed by atoms with Gasteiger partial charge in [-0.3, -0.25) is 10.1 Å². The molecule has 116 valence electrons. The molecule has 7 nitrogen and oxygen atoms in total. The van der Waals surface area contributed by atoms with Crippen molar-refractivity contribution < 1.29 is 18.7 Å². The average Bonchev–Trinajstić information content (AvgIpc) is 3.12. The Hall–Kier alpha value is -3.09. The van der Waals surface area contributed by atoms with Crippen LogP contribution in [0.25, 0.3) is 11.1 Å². The molecule has 7 heteroatoms. The van der Waals surface area contributed by atoms with Gasteiger partial charge in [0.15, 0.2) is 11.5 Å². The zero-order valence-electron chi connectivity index (χ0n) is 12.5. The van der Waals surface area contributed by atoms with Gasteiger partial charge in [0.1, 0.15) is 5.76 Å². The zero-order chi connectivity index (χ0) is 16.0. The number of nitrogens with one attached hydrogen (secondary N) is 1. The SMILES string of the molecule is Cc1cc2c(C)nc(NC(=O)c3ccc4c(c3)OCO4)nc2o1. The lowest BCUT2D eigenvalue weighted by Gasteiger charge is -2.05. The lowest BCUT2D eigenvalue weighted by atomic mass is 10.2. The second kappa shape index (κ2) is 4.98. The molecule has 0 unspecified atom stereocenters. The van der Waals surface area contributed by atoms with Gasteiger partial charge in [0.2, 0.25) is 18.5 Å². The van der Waals surface area contributed by atoms with Crippen LogP contribution in [0.2, 0.25) is 0 Å². The maximum atomic E-state index is 12.3. The number of fused-ring (bicyclic) bond motifs is 2. The average molecular weight is 311 g/mol. The highest BCUT2D eigenvalue weighted by Crippen LogP contribution is 2.32. The largest absolute Gasteiger partial charge is 0.454 e. The van der Waals surface area contributed by atoms with Crippen LogP contribution in [0.15, 0.2) is 28.7 Å². The predicted octanol–water partition coefficient (Wildman–Crippen LogP) is 2.82. The van der Waals surface area contributed by atoms with Gasteiger partial charge >= 0.3 is 0 Å². The first-order chi connectivity index (χ1) is 11.1. The summed E-state index contributed by atoms with van der Waals surface area (Å²) in [7, 11) is 0. The molecule has 23 heavy (non-hydrogen) atoms. The van der Waals surface area contributed by atoms with Crippen LogP contribution in [0.3, 0.4) is 0 Å². The number of rotatable bonds is 2. The van der Waals surface area contributed by atoms with Gasteiger partial charge in [-0.2, -0.15) is 4.98 Å². The summed E-state index contributed by atoms with van der Waals surface area (Å²) in [6, 6.07) is 6.85. The molecule has 0 fully saturated rings. The van der Waals surface area contributed by atoms with Crippen LogP contribution >= 0.6 is 0 Å². The Morgan fingerprint density at radius 3 is 2.83 bits per heavy atom. The Kier molecular flexibility index (Phi) is 2.94. The molecule has 0 saturated carbocycles. The molecule has 1 N–H and O–H groups in total. The molecule has 0 bridgehead atoms. The fourth-order valence-corrected chi connectivity index (χ4v) is 2.45. The van der Waals surface area contributed by atoms with Gasteiger partial charge in [-0.25, -0.2) is 4.98 Å². The molecule has 0 atom stereocenters. The van der Waals surface area contributed by atoms with Crippen LogP contribution in [0.1, 0.15) is 21.8 Å². The summed E-state index contributed by atoms with van der Waals surface area (Å²) in [5, 5.41) is 3.51. The minimum Gasteiger partial charge on any atom is -0.454 e. The monoisotopic (exact) mass is 311 g/mol. The van der Waals surface area contributed by atoms with Crippen molar-refractivity contribution in [3.05, 3.63) is 41.3 Å². The van der Waals surface area contributed by atoms with Crippen molar-refractivity contribution in [2.75, 3.05) is 12.1 Å². The fourth-order valence-electron chi connectivity index (χ4n) is 2.45. The molecule has 1 aliphatic heterocycles. The van der Waals surface area contributed by atoms with E-state index < -0.39 is 0 Å². The third-order valence-electron chi connectivity index (χ3n) is 3.57. The van der Waals surface area contributed by atoms with Gasteiger partial charge in [0, 0.05) is 5.56 Å². The van der Waals surface area contributed by atoms with Crippen molar-refractivity contribution in [1.82, 2.24) is 9.97 Å². The van der Waals surface area contributed by atoms with Crippen molar-refractivity contribution in [2.45, 2.75) is 13.8 Å². The summed E-state index contributed by atoms with van der Waals surface area (Å²) in [4.78, 5) is 20.9. The number of anilines is 1. The molecular formula is C16H13N3O4. The van der Waals surface area contributed by atoms with Crippen molar-refractivity contribution in [3.8, 4) is 11.5 Å². The molecule has 3 aromatic rings. The minimum absolute atomic E-state index is 0.164. The Morgan fingerprint density at radius 1 is 1.13 bits per heavy atom. The van der Waals surface area contributed by atoms with Crippen LogP contribution in [0.5, 0.6) is 11.5 Å². The van der Waals surface area contributed by atoms with E-state index in [1.165, 1.54) is 0 Å². The molecule has 1 amide bonds. The first kappa shape index (κ1) is 13.6. The van der Waals surface area contributed by atoms with Crippen LogP contribution < -0.4 is 14.8 Å². The van der Waals surface area contributed by atoms with Gasteiger partial charge in [0.25, 0.3) is 5.91 Å². The van der Waals surface area contributed by atoms with Gasteiger partial charge in [-0.05, 0) is 38.1 Å². The fraction of sp³-hybridized carbons (Fsp3) is 0.188. The molecule has 2 aromatic heterocycles. The molecule has 0 saturated heterocycles. The number of carbonyl (C=O) groups is 1.